The van der Waals surface area contributed by atoms with E-state index < -0.39 is 0 Å². The van der Waals surface area contributed by atoms with Crippen molar-refractivity contribution in [1.82, 2.24) is 9.80 Å². The van der Waals surface area contributed by atoms with Gasteiger partial charge in [0.05, 0.1) is 11.5 Å². The van der Waals surface area contributed by atoms with Gasteiger partial charge in [-0.2, -0.15) is 0 Å². The van der Waals surface area contributed by atoms with Crippen LogP contribution in [0.1, 0.15) is 70.4 Å². The molecule has 1 aliphatic rings. The lowest BCUT2D eigenvalue weighted by Crippen LogP contribution is -2.44. The van der Waals surface area contributed by atoms with E-state index in [1.165, 1.54) is 36.5 Å². The van der Waals surface area contributed by atoms with Crippen molar-refractivity contribution in [3.05, 3.63) is 80.4 Å². The Kier molecular flexibility index (Phi) is 11.9. The average Bonchev–Trinajstić information content (AvgIpc) is 2.88. The molecule has 2 aromatic rings. The Morgan fingerprint density at radius 2 is 1.86 bits per heavy atom. The first kappa shape index (κ1) is 29.2. The highest BCUT2D eigenvalue weighted by Gasteiger charge is 2.25. The van der Waals surface area contributed by atoms with E-state index in [0.717, 1.165) is 63.4 Å². The van der Waals surface area contributed by atoms with Crippen LogP contribution in [0.25, 0.3) is 0 Å². The predicted octanol–water partition coefficient (Wildman–Crippen LogP) is 7.64. The number of allylic oxidation sites excluding steroid dienone is 1. The fourth-order valence-corrected chi connectivity index (χ4v) is 4.95. The van der Waals surface area contributed by atoms with E-state index in [1.807, 2.05) is 0 Å². The van der Waals surface area contributed by atoms with Crippen LogP contribution in [-0.2, 0) is 13.1 Å². The molecule has 0 N–H and O–H groups in total. The van der Waals surface area contributed by atoms with Crippen molar-refractivity contribution in [2.45, 2.75) is 78.4 Å². The second-order valence-electron chi connectivity index (χ2n) is 10.3. The first-order chi connectivity index (χ1) is 17.9. The van der Waals surface area contributed by atoms with E-state index in [2.05, 4.69) is 60.9 Å². The van der Waals surface area contributed by atoms with Gasteiger partial charge in [0.25, 0.3) is 5.69 Å². The fraction of sp³-hybridized carbons (Fsp3) is 0.533. The van der Waals surface area contributed by atoms with Crippen LogP contribution in [0.5, 0.6) is 5.75 Å². The van der Waals surface area contributed by atoms with Gasteiger partial charge in [-0.1, -0.05) is 61.6 Å². The lowest BCUT2D eigenvalue weighted by Gasteiger charge is -2.38. The zero-order chi connectivity index (χ0) is 26.6. The Morgan fingerprint density at radius 1 is 1.14 bits per heavy atom. The third-order valence-electron chi connectivity index (χ3n) is 7.02. The maximum atomic E-state index is 11.3. The first-order valence-corrected chi connectivity index (χ1v) is 14.0. The second-order valence-corrected chi connectivity index (χ2v) is 10.7. The lowest BCUT2D eigenvalue weighted by atomic mass is 10.0. The monoisotopic (exact) mass is 527 g/mol. The number of non-ortho nitro benzene ring substituents is 1. The number of benzene rings is 2. The smallest absolute Gasteiger partial charge is 0.269 e. The number of hydrogen-bond donors (Lipinski definition) is 0. The lowest BCUT2D eigenvalue weighted by molar-refractivity contribution is -0.384. The summed E-state index contributed by atoms with van der Waals surface area (Å²) < 4.78 is 5.88. The van der Waals surface area contributed by atoms with E-state index >= 15 is 0 Å². The number of nitro groups is 1. The standard InChI is InChI=1S/C30H42ClN3O3/c1-4-5-6-7-20-37-29-11-8-25(9-12-29)22-32-17-15-27(16-18-32)33(19-14-24(2)3)23-26-21-28(34(35)36)10-13-30(26)31/h8-14,21,27H,4-7,15-20,22-23H2,1-3H3. The first-order valence-electron chi connectivity index (χ1n) is 13.6. The minimum absolute atomic E-state index is 0.0873. The number of nitro benzene ring substituents is 1. The molecule has 37 heavy (non-hydrogen) atoms. The third kappa shape index (κ3) is 9.76. The van der Waals surface area contributed by atoms with Gasteiger partial charge in [0.2, 0.25) is 0 Å². The molecule has 0 spiro atoms. The molecule has 2 aromatic carbocycles. The van der Waals surface area contributed by atoms with E-state index in [-0.39, 0.29) is 10.6 Å². The molecule has 0 saturated carbocycles. The highest BCUT2D eigenvalue weighted by Crippen LogP contribution is 2.27. The summed E-state index contributed by atoms with van der Waals surface area (Å²) in [5.41, 5.74) is 3.47. The van der Waals surface area contributed by atoms with Gasteiger partial charge in [-0.25, -0.2) is 0 Å². The Balaban J connectivity index is 1.54. The van der Waals surface area contributed by atoms with Crippen molar-refractivity contribution in [2.24, 2.45) is 0 Å². The molecule has 1 heterocycles. The molecule has 0 aromatic heterocycles. The molecule has 0 amide bonds. The predicted molar refractivity (Wildman–Crippen MR) is 152 cm³/mol. The van der Waals surface area contributed by atoms with E-state index in [4.69, 9.17) is 16.3 Å². The summed E-state index contributed by atoms with van der Waals surface area (Å²) >= 11 is 6.44. The Bertz CT molecular complexity index is 1010. The summed E-state index contributed by atoms with van der Waals surface area (Å²) in [6.07, 6.45) is 9.20. The van der Waals surface area contributed by atoms with Crippen LogP contribution in [0.2, 0.25) is 5.02 Å². The number of piperidine rings is 1. The minimum Gasteiger partial charge on any atom is -0.494 e. The van der Waals surface area contributed by atoms with E-state index in [1.54, 1.807) is 12.1 Å². The summed E-state index contributed by atoms with van der Waals surface area (Å²) in [5.74, 6) is 0.952. The van der Waals surface area contributed by atoms with Crippen LogP contribution >= 0.6 is 11.6 Å². The van der Waals surface area contributed by atoms with Gasteiger partial charge in [-0.15, -0.1) is 0 Å². The molecule has 1 aliphatic heterocycles. The third-order valence-corrected chi connectivity index (χ3v) is 7.39. The van der Waals surface area contributed by atoms with Crippen LogP contribution in [0.15, 0.2) is 54.1 Å². The summed E-state index contributed by atoms with van der Waals surface area (Å²) in [7, 11) is 0. The van der Waals surface area contributed by atoms with Gasteiger partial charge in [0, 0.05) is 42.8 Å². The molecule has 0 atom stereocenters. The summed E-state index contributed by atoms with van der Waals surface area (Å²) in [4.78, 5) is 15.9. The molecular formula is C30H42ClN3O3. The number of halogens is 1. The van der Waals surface area contributed by atoms with Gasteiger partial charge in [-0.3, -0.25) is 19.9 Å². The molecule has 0 bridgehead atoms. The van der Waals surface area contributed by atoms with Crippen LogP contribution in [-0.4, -0.2) is 47.0 Å². The molecule has 7 heteroatoms. The Hall–Kier alpha value is -2.41. The molecule has 6 nitrogen and oxygen atoms in total. The van der Waals surface area contributed by atoms with Crippen LogP contribution in [0.4, 0.5) is 5.69 Å². The Labute approximate surface area is 227 Å². The second kappa shape index (κ2) is 15.1. The molecule has 1 fully saturated rings. The quantitative estimate of drug-likeness (QED) is 0.109. The van der Waals surface area contributed by atoms with Crippen molar-refractivity contribution in [3.63, 3.8) is 0 Å². The summed E-state index contributed by atoms with van der Waals surface area (Å²) in [6.45, 7) is 11.6. The average molecular weight is 528 g/mol. The number of ether oxygens (including phenoxy) is 1. The maximum absolute atomic E-state index is 11.3. The van der Waals surface area contributed by atoms with E-state index in [9.17, 15) is 10.1 Å². The SMILES string of the molecule is CCCCCCOc1ccc(CN2CCC(N(CC=C(C)C)Cc3cc([N+](=O)[O-])ccc3Cl)CC2)cc1. The topological polar surface area (TPSA) is 58.8 Å². The van der Waals surface area contributed by atoms with Crippen molar-refractivity contribution >= 4 is 17.3 Å². The highest BCUT2D eigenvalue weighted by molar-refractivity contribution is 6.31. The van der Waals surface area contributed by atoms with Crippen molar-refractivity contribution in [3.8, 4) is 5.75 Å². The number of nitrogens with zero attached hydrogens (tertiary/aromatic N) is 3. The molecule has 0 radical (unpaired) electrons. The molecule has 202 valence electrons. The summed E-state index contributed by atoms with van der Waals surface area (Å²) in [6, 6.07) is 13.7. The van der Waals surface area contributed by atoms with Gasteiger partial charge in [-0.05, 0) is 75.5 Å². The fourth-order valence-electron chi connectivity index (χ4n) is 4.77. The number of likely N-dealkylation sites (tertiary alicyclic amines) is 1. The van der Waals surface area contributed by atoms with Crippen molar-refractivity contribution in [2.75, 3.05) is 26.2 Å². The zero-order valence-electron chi connectivity index (χ0n) is 22.6. The zero-order valence-corrected chi connectivity index (χ0v) is 23.4. The normalized spacial score (nSPS) is 14.6. The van der Waals surface area contributed by atoms with Crippen molar-refractivity contribution in [1.29, 1.82) is 0 Å². The van der Waals surface area contributed by atoms with Crippen molar-refractivity contribution < 1.29 is 9.66 Å². The number of rotatable bonds is 14. The maximum Gasteiger partial charge on any atom is 0.269 e. The highest BCUT2D eigenvalue weighted by atomic mass is 35.5. The van der Waals surface area contributed by atoms with Crippen LogP contribution in [0, 0.1) is 10.1 Å². The van der Waals surface area contributed by atoms with Crippen LogP contribution in [0.3, 0.4) is 0 Å². The van der Waals surface area contributed by atoms with E-state index in [0.29, 0.717) is 17.6 Å². The largest absolute Gasteiger partial charge is 0.494 e. The number of hydrogen-bond acceptors (Lipinski definition) is 5. The molecular weight excluding hydrogens is 486 g/mol. The summed E-state index contributed by atoms with van der Waals surface area (Å²) in [5, 5.41) is 11.9. The Morgan fingerprint density at radius 3 is 2.51 bits per heavy atom. The van der Waals surface area contributed by atoms with Gasteiger partial charge in [0.1, 0.15) is 5.75 Å². The molecule has 0 unspecified atom stereocenters. The number of unbranched alkanes of at least 4 members (excludes halogenated alkanes) is 3. The van der Waals surface area contributed by atoms with Gasteiger partial charge < -0.3 is 4.74 Å². The molecule has 3 rings (SSSR count). The minimum atomic E-state index is -0.356. The molecule has 1 saturated heterocycles. The molecule has 0 aliphatic carbocycles. The van der Waals surface area contributed by atoms with Gasteiger partial charge >= 0.3 is 0 Å². The van der Waals surface area contributed by atoms with Gasteiger partial charge in [0.15, 0.2) is 0 Å². The van der Waals surface area contributed by atoms with Crippen LogP contribution < -0.4 is 4.74 Å².